The van der Waals surface area contributed by atoms with Gasteiger partial charge in [-0.1, -0.05) is 18.1 Å². The van der Waals surface area contributed by atoms with Crippen LogP contribution in [0.25, 0.3) is 0 Å². The van der Waals surface area contributed by atoms with Gasteiger partial charge in [-0.05, 0) is 17.7 Å². The van der Waals surface area contributed by atoms with E-state index in [1.165, 1.54) is 19.2 Å². The summed E-state index contributed by atoms with van der Waals surface area (Å²) < 4.78 is 17.4. The first-order valence-corrected chi connectivity index (χ1v) is 3.52. The molecular weight excluding hydrogens is 155 g/mol. The first-order valence-electron chi connectivity index (χ1n) is 3.52. The van der Waals surface area contributed by atoms with E-state index in [9.17, 15) is 4.39 Å². The highest BCUT2D eigenvalue weighted by molar-refractivity contribution is 5.24. The number of halogens is 1. The fourth-order valence-electron chi connectivity index (χ4n) is 0.938. The molecule has 0 aromatic heterocycles. The minimum absolute atomic E-state index is 0.273. The summed E-state index contributed by atoms with van der Waals surface area (Å²) in [5.41, 5.74) is 0.793. The molecule has 62 valence electrons. The monoisotopic (exact) mass is 164 g/mol. The molecule has 0 aliphatic rings. The lowest BCUT2D eigenvalue weighted by Crippen LogP contribution is -1.97. The van der Waals surface area contributed by atoms with Crippen LogP contribution in [0.3, 0.4) is 0 Å². The molecule has 1 unspecified atom stereocenters. The van der Waals surface area contributed by atoms with E-state index >= 15 is 0 Å². The van der Waals surface area contributed by atoms with Crippen molar-refractivity contribution in [2.24, 2.45) is 0 Å². The predicted octanol–water partition coefficient (Wildman–Crippen LogP) is 2.15. The maximum Gasteiger partial charge on any atom is 0.142 e. The minimum atomic E-state index is -0.384. The Morgan fingerprint density at radius 2 is 2.00 bits per heavy atom. The second-order valence-electron chi connectivity index (χ2n) is 2.33. The molecule has 1 atom stereocenters. The molecule has 0 bridgehead atoms. The molecule has 0 saturated carbocycles. The van der Waals surface area contributed by atoms with Gasteiger partial charge >= 0.3 is 0 Å². The Balaban J connectivity index is 2.89. The number of ether oxygens (including phenoxy) is 1. The third-order valence-electron chi connectivity index (χ3n) is 1.56. The van der Waals surface area contributed by atoms with Crippen LogP contribution < -0.4 is 0 Å². The van der Waals surface area contributed by atoms with Crippen LogP contribution in [0.4, 0.5) is 4.39 Å². The molecule has 1 rings (SSSR count). The molecule has 0 aliphatic heterocycles. The second-order valence-corrected chi connectivity index (χ2v) is 2.33. The molecule has 0 aliphatic carbocycles. The van der Waals surface area contributed by atoms with Crippen LogP contribution in [0.2, 0.25) is 0 Å². The van der Waals surface area contributed by atoms with E-state index in [1.807, 2.05) is 0 Å². The zero-order chi connectivity index (χ0) is 8.97. The molecule has 0 radical (unpaired) electrons. The van der Waals surface area contributed by atoms with Gasteiger partial charge in [0.25, 0.3) is 0 Å². The number of terminal acetylenes is 1. The minimum Gasteiger partial charge on any atom is -0.364 e. The molecule has 0 heterocycles. The Morgan fingerprint density at radius 1 is 1.42 bits per heavy atom. The van der Waals surface area contributed by atoms with E-state index in [4.69, 9.17) is 11.2 Å². The van der Waals surface area contributed by atoms with Crippen LogP contribution >= 0.6 is 0 Å². The second kappa shape index (κ2) is 3.89. The van der Waals surface area contributed by atoms with Crippen molar-refractivity contribution in [2.75, 3.05) is 7.11 Å². The standard InChI is InChI=1S/C10H9FO/c1-3-10(12-2)8-4-6-9(11)7-5-8/h1,4-7,10H,2H3. The van der Waals surface area contributed by atoms with Gasteiger partial charge in [0.05, 0.1) is 0 Å². The van der Waals surface area contributed by atoms with Crippen molar-refractivity contribution in [1.82, 2.24) is 0 Å². The summed E-state index contributed by atoms with van der Waals surface area (Å²) >= 11 is 0. The largest absolute Gasteiger partial charge is 0.364 e. The van der Waals surface area contributed by atoms with Gasteiger partial charge in [-0.15, -0.1) is 6.42 Å². The Morgan fingerprint density at radius 3 is 2.42 bits per heavy atom. The molecule has 1 nitrogen and oxygen atoms in total. The maximum atomic E-state index is 12.5. The third kappa shape index (κ3) is 1.84. The van der Waals surface area contributed by atoms with Gasteiger partial charge in [0, 0.05) is 7.11 Å². The average molecular weight is 164 g/mol. The Bertz CT molecular complexity index is 284. The van der Waals surface area contributed by atoms with Gasteiger partial charge in [0.1, 0.15) is 11.9 Å². The molecule has 1 aromatic rings. The fourth-order valence-corrected chi connectivity index (χ4v) is 0.938. The van der Waals surface area contributed by atoms with E-state index in [-0.39, 0.29) is 11.9 Å². The lowest BCUT2D eigenvalue weighted by molar-refractivity contribution is 0.150. The molecule has 12 heavy (non-hydrogen) atoms. The molecule has 0 fully saturated rings. The highest BCUT2D eigenvalue weighted by Gasteiger charge is 2.04. The summed E-state index contributed by atoms with van der Waals surface area (Å²) in [5.74, 6) is 2.17. The summed E-state index contributed by atoms with van der Waals surface area (Å²) in [4.78, 5) is 0. The van der Waals surface area contributed by atoms with Crippen LogP contribution in [0.5, 0.6) is 0 Å². The lowest BCUT2D eigenvalue weighted by Gasteiger charge is -2.07. The van der Waals surface area contributed by atoms with Crippen molar-refractivity contribution in [1.29, 1.82) is 0 Å². The van der Waals surface area contributed by atoms with Crippen LogP contribution in [0.15, 0.2) is 24.3 Å². The smallest absolute Gasteiger partial charge is 0.142 e. The quantitative estimate of drug-likeness (QED) is 0.608. The maximum absolute atomic E-state index is 12.5. The van der Waals surface area contributed by atoms with E-state index in [1.54, 1.807) is 12.1 Å². The van der Waals surface area contributed by atoms with Crippen LogP contribution in [0, 0.1) is 18.2 Å². The summed E-state index contributed by atoms with van der Waals surface area (Å²) in [5, 5.41) is 0. The molecule has 0 amide bonds. The Labute approximate surface area is 71.2 Å². The molecule has 0 spiro atoms. The van der Waals surface area contributed by atoms with Crippen LogP contribution in [-0.4, -0.2) is 7.11 Å². The Hall–Kier alpha value is -1.33. The molecular formula is C10H9FO. The average Bonchev–Trinajstić information content (AvgIpc) is 2.10. The number of benzene rings is 1. The van der Waals surface area contributed by atoms with Crippen molar-refractivity contribution in [3.8, 4) is 12.3 Å². The van der Waals surface area contributed by atoms with Gasteiger partial charge in [0.15, 0.2) is 0 Å². The third-order valence-corrected chi connectivity index (χ3v) is 1.56. The summed E-state index contributed by atoms with van der Waals surface area (Å²) in [6.07, 6.45) is 4.80. The first kappa shape index (κ1) is 8.76. The summed E-state index contributed by atoms with van der Waals surface area (Å²) in [6, 6.07) is 5.95. The van der Waals surface area contributed by atoms with Crippen molar-refractivity contribution in [3.05, 3.63) is 35.6 Å². The molecule has 2 heteroatoms. The lowest BCUT2D eigenvalue weighted by atomic mass is 10.1. The van der Waals surface area contributed by atoms with Crippen LogP contribution in [0.1, 0.15) is 11.7 Å². The normalized spacial score (nSPS) is 12.1. The fraction of sp³-hybridized carbons (Fsp3) is 0.200. The van der Waals surface area contributed by atoms with E-state index in [2.05, 4.69) is 5.92 Å². The number of hydrogen-bond acceptors (Lipinski definition) is 1. The van der Waals surface area contributed by atoms with Crippen LogP contribution in [-0.2, 0) is 4.74 Å². The van der Waals surface area contributed by atoms with Gasteiger partial charge in [-0.3, -0.25) is 0 Å². The summed E-state index contributed by atoms with van der Waals surface area (Å²) in [6.45, 7) is 0. The predicted molar refractivity (Wildman–Crippen MR) is 45.0 cm³/mol. The zero-order valence-corrected chi connectivity index (χ0v) is 6.75. The van der Waals surface area contributed by atoms with E-state index in [0.717, 1.165) is 5.56 Å². The topological polar surface area (TPSA) is 9.23 Å². The van der Waals surface area contributed by atoms with E-state index in [0.29, 0.717) is 0 Å². The van der Waals surface area contributed by atoms with Crippen molar-refractivity contribution in [3.63, 3.8) is 0 Å². The van der Waals surface area contributed by atoms with Crippen molar-refractivity contribution >= 4 is 0 Å². The number of rotatable bonds is 2. The van der Waals surface area contributed by atoms with Crippen molar-refractivity contribution in [2.45, 2.75) is 6.10 Å². The Kier molecular flexibility index (Phi) is 2.84. The zero-order valence-electron chi connectivity index (χ0n) is 6.75. The van der Waals surface area contributed by atoms with Gasteiger partial charge in [0.2, 0.25) is 0 Å². The summed E-state index contributed by atoms with van der Waals surface area (Å²) in [7, 11) is 1.52. The van der Waals surface area contributed by atoms with Gasteiger partial charge in [-0.2, -0.15) is 0 Å². The SMILES string of the molecule is C#CC(OC)c1ccc(F)cc1. The first-order chi connectivity index (χ1) is 5.77. The van der Waals surface area contributed by atoms with Gasteiger partial charge in [-0.25, -0.2) is 4.39 Å². The molecule has 0 saturated heterocycles. The van der Waals surface area contributed by atoms with E-state index < -0.39 is 0 Å². The highest BCUT2D eigenvalue weighted by Crippen LogP contribution is 2.15. The number of methoxy groups -OCH3 is 1. The van der Waals surface area contributed by atoms with Gasteiger partial charge < -0.3 is 4.74 Å². The highest BCUT2D eigenvalue weighted by atomic mass is 19.1. The molecule has 0 N–H and O–H groups in total. The number of hydrogen-bond donors (Lipinski definition) is 0. The molecule has 1 aromatic carbocycles. The van der Waals surface area contributed by atoms with Crippen molar-refractivity contribution < 1.29 is 9.13 Å².